The van der Waals surface area contributed by atoms with Gasteiger partial charge in [-0.1, -0.05) is 30.1 Å². The van der Waals surface area contributed by atoms with E-state index in [1.54, 1.807) is 0 Å². The number of rotatable bonds is 6. The molecule has 0 aliphatic rings. The summed E-state index contributed by atoms with van der Waals surface area (Å²) in [4.78, 5) is 0.135. The molecule has 0 N–H and O–H groups in total. The Balaban J connectivity index is 3.13. The van der Waals surface area contributed by atoms with Crippen molar-refractivity contribution in [2.45, 2.75) is 18.2 Å². The molecular formula is C11H14Cl3NO2S. The van der Waals surface area contributed by atoms with Gasteiger partial charge < -0.3 is 0 Å². The zero-order chi connectivity index (χ0) is 13.8. The van der Waals surface area contributed by atoms with Gasteiger partial charge in [0, 0.05) is 19.0 Å². The summed E-state index contributed by atoms with van der Waals surface area (Å²) in [6.07, 6.45) is 0.720. The van der Waals surface area contributed by atoms with Crippen molar-refractivity contribution in [1.29, 1.82) is 0 Å². The van der Waals surface area contributed by atoms with Crippen LogP contribution in [0.3, 0.4) is 0 Å². The smallest absolute Gasteiger partial charge is 0.207 e. The van der Waals surface area contributed by atoms with Crippen molar-refractivity contribution >= 4 is 44.8 Å². The third-order valence-corrected chi connectivity index (χ3v) is 5.14. The van der Waals surface area contributed by atoms with Gasteiger partial charge in [-0.25, -0.2) is 8.42 Å². The quantitative estimate of drug-likeness (QED) is 0.747. The highest BCUT2D eigenvalue weighted by molar-refractivity contribution is 7.89. The molecule has 0 radical (unpaired) electrons. The van der Waals surface area contributed by atoms with Gasteiger partial charge in [0.25, 0.3) is 0 Å². The van der Waals surface area contributed by atoms with Gasteiger partial charge in [0.15, 0.2) is 0 Å². The predicted octanol–water partition coefficient (Wildman–Crippen LogP) is 3.63. The molecule has 1 rings (SSSR count). The first-order valence-corrected chi connectivity index (χ1v) is 8.17. The molecule has 0 unspecified atom stereocenters. The van der Waals surface area contributed by atoms with E-state index in [9.17, 15) is 8.42 Å². The van der Waals surface area contributed by atoms with Gasteiger partial charge in [0.1, 0.15) is 0 Å². The fourth-order valence-corrected chi connectivity index (χ4v) is 3.71. The summed E-state index contributed by atoms with van der Waals surface area (Å²) in [6, 6.07) is 4.28. The Hall–Kier alpha value is -0.000000000000000111. The van der Waals surface area contributed by atoms with Gasteiger partial charge in [-0.15, -0.1) is 11.6 Å². The molecule has 102 valence electrons. The summed E-state index contributed by atoms with van der Waals surface area (Å²) in [5.74, 6) is 0.251. The van der Waals surface area contributed by atoms with E-state index >= 15 is 0 Å². The lowest BCUT2D eigenvalue weighted by Crippen LogP contribution is -2.33. The highest BCUT2D eigenvalue weighted by atomic mass is 35.5. The second-order valence-corrected chi connectivity index (χ2v) is 6.80. The fourth-order valence-electron chi connectivity index (χ4n) is 1.48. The third kappa shape index (κ3) is 3.75. The number of halogens is 3. The highest BCUT2D eigenvalue weighted by Gasteiger charge is 2.23. The van der Waals surface area contributed by atoms with Crippen LogP contribution in [0, 0.1) is 0 Å². The molecule has 0 aromatic heterocycles. The number of hydrogen-bond donors (Lipinski definition) is 0. The van der Waals surface area contributed by atoms with Crippen LogP contribution in [0.25, 0.3) is 0 Å². The van der Waals surface area contributed by atoms with Gasteiger partial charge in [-0.2, -0.15) is 4.31 Å². The molecule has 3 nitrogen and oxygen atoms in total. The lowest BCUT2D eigenvalue weighted by molar-refractivity contribution is 0.428. The van der Waals surface area contributed by atoms with E-state index in [0.717, 1.165) is 6.42 Å². The van der Waals surface area contributed by atoms with Gasteiger partial charge in [0.05, 0.1) is 14.9 Å². The average Bonchev–Trinajstić information content (AvgIpc) is 2.32. The van der Waals surface area contributed by atoms with Crippen molar-refractivity contribution in [2.24, 2.45) is 0 Å². The van der Waals surface area contributed by atoms with Gasteiger partial charge in [0.2, 0.25) is 10.0 Å². The molecular weight excluding hydrogens is 317 g/mol. The van der Waals surface area contributed by atoms with Crippen LogP contribution in [-0.4, -0.2) is 31.7 Å². The Labute approximate surface area is 123 Å². The molecule has 0 saturated carbocycles. The van der Waals surface area contributed by atoms with E-state index in [0.29, 0.717) is 11.6 Å². The maximum atomic E-state index is 12.3. The molecule has 0 spiro atoms. The molecule has 1 aromatic carbocycles. The topological polar surface area (TPSA) is 37.4 Å². The first-order valence-electron chi connectivity index (χ1n) is 5.44. The predicted molar refractivity (Wildman–Crippen MR) is 76.2 cm³/mol. The Kier molecular flexibility index (Phi) is 6.21. The Bertz CT molecular complexity index is 499. The molecule has 7 heteroatoms. The number of benzene rings is 1. The van der Waals surface area contributed by atoms with Crippen LogP contribution in [-0.2, 0) is 10.0 Å². The van der Waals surface area contributed by atoms with E-state index in [-0.39, 0.29) is 22.3 Å². The van der Waals surface area contributed by atoms with Crippen molar-refractivity contribution in [2.75, 3.05) is 19.0 Å². The van der Waals surface area contributed by atoms with Gasteiger partial charge >= 0.3 is 0 Å². The lowest BCUT2D eigenvalue weighted by Gasteiger charge is -2.20. The second kappa shape index (κ2) is 6.96. The SMILES string of the molecule is CCCN(CCCl)S(=O)(=O)c1ccc(Cl)c(Cl)c1. The van der Waals surface area contributed by atoms with Crippen molar-refractivity contribution in [1.82, 2.24) is 4.31 Å². The molecule has 0 amide bonds. The Morgan fingerprint density at radius 1 is 1.17 bits per heavy atom. The summed E-state index contributed by atoms with van der Waals surface area (Å²) in [5, 5.41) is 0.551. The molecule has 0 atom stereocenters. The molecule has 0 saturated heterocycles. The first-order chi connectivity index (χ1) is 8.43. The molecule has 0 bridgehead atoms. The molecule has 18 heavy (non-hydrogen) atoms. The summed E-state index contributed by atoms with van der Waals surface area (Å²) in [5.41, 5.74) is 0. The lowest BCUT2D eigenvalue weighted by atomic mass is 10.4. The van der Waals surface area contributed by atoms with E-state index < -0.39 is 10.0 Å². The standard InChI is InChI=1S/C11H14Cl3NO2S/c1-2-6-15(7-5-12)18(16,17)9-3-4-10(13)11(14)8-9/h3-4,8H,2,5-7H2,1H3. The van der Waals surface area contributed by atoms with Crippen LogP contribution in [0.1, 0.15) is 13.3 Å². The summed E-state index contributed by atoms with van der Waals surface area (Å²) in [7, 11) is -3.56. The fraction of sp³-hybridized carbons (Fsp3) is 0.455. The number of hydrogen-bond acceptors (Lipinski definition) is 2. The molecule has 0 heterocycles. The third-order valence-electron chi connectivity index (χ3n) is 2.34. The van der Waals surface area contributed by atoms with Gasteiger partial charge in [-0.05, 0) is 24.6 Å². The first kappa shape index (κ1) is 16.1. The summed E-state index contributed by atoms with van der Waals surface area (Å²) in [6.45, 7) is 2.61. The van der Waals surface area contributed by atoms with Crippen LogP contribution in [0.2, 0.25) is 10.0 Å². The van der Waals surface area contributed by atoms with E-state index in [1.165, 1.54) is 22.5 Å². The second-order valence-electron chi connectivity index (χ2n) is 3.67. The van der Waals surface area contributed by atoms with E-state index in [4.69, 9.17) is 34.8 Å². The van der Waals surface area contributed by atoms with Crippen LogP contribution in [0.5, 0.6) is 0 Å². The largest absolute Gasteiger partial charge is 0.243 e. The normalized spacial score (nSPS) is 12.1. The Morgan fingerprint density at radius 3 is 2.33 bits per heavy atom. The maximum absolute atomic E-state index is 12.3. The monoisotopic (exact) mass is 329 g/mol. The van der Waals surface area contributed by atoms with E-state index in [2.05, 4.69) is 0 Å². The molecule has 0 fully saturated rings. The van der Waals surface area contributed by atoms with E-state index in [1.807, 2.05) is 6.92 Å². The zero-order valence-corrected chi connectivity index (χ0v) is 13.0. The highest BCUT2D eigenvalue weighted by Crippen LogP contribution is 2.26. The van der Waals surface area contributed by atoms with Crippen LogP contribution >= 0.6 is 34.8 Å². The minimum absolute atomic E-state index is 0.135. The van der Waals surface area contributed by atoms with Crippen molar-refractivity contribution in [3.05, 3.63) is 28.2 Å². The molecule has 1 aromatic rings. The van der Waals surface area contributed by atoms with Crippen molar-refractivity contribution < 1.29 is 8.42 Å². The zero-order valence-electron chi connectivity index (χ0n) is 9.87. The van der Waals surface area contributed by atoms with Crippen LogP contribution in [0.15, 0.2) is 23.1 Å². The Morgan fingerprint density at radius 2 is 1.83 bits per heavy atom. The maximum Gasteiger partial charge on any atom is 0.243 e. The number of sulfonamides is 1. The van der Waals surface area contributed by atoms with Crippen LogP contribution < -0.4 is 0 Å². The average molecular weight is 331 g/mol. The van der Waals surface area contributed by atoms with Gasteiger partial charge in [-0.3, -0.25) is 0 Å². The minimum Gasteiger partial charge on any atom is -0.207 e. The van der Waals surface area contributed by atoms with Crippen LogP contribution in [0.4, 0.5) is 0 Å². The number of nitrogens with zero attached hydrogens (tertiary/aromatic N) is 1. The van der Waals surface area contributed by atoms with Crippen molar-refractivity contribution in [3.8, 4) is 0 Å². The summed E-state index contributed by atoms with van der Waals surface area (Å²) < 4.78 is 26.0. The minimum atomic E-state index is -3.56. The summed E-state index contributed by atoms with van der Waals surface area (Å²) >= 11 is 17.2. The molecule has 0 aliphatic carbocycles. The molecule has 0 aliphatic heterocycles. The van der Waals surface area contributed by atoms with Crippen molar-refractivity contribution in [3.63, 3.8) is 0 Å². The number of alkyl halides is 1.